The summed E-state index contributed by atoms with van der Waals surface area (Å²) in [7, 11) is 0. The highest BCUT2D eigenvalue weighted by molar-refractivity contribution is 8.18. The molecule has 1 saturated heterocycles. The molecule has 0 radical (unpaired) electrons. The van der Waals surface area contributed by atoms with Crippen LogP contribution in [-0.2, 0) is 11.3 Å². The van der Waals surface area contributed by atoms with Crippen LogP contribution in [0.1, 0.15) is 11.1 Å². The van der Waals surface area contributed by atoms with Gasteiger partial charge in [0, 0.05) is 5.02 Å². The van der Waals surface area contributed by atoms with Crippen LogP contribution in [0.2, 0.25) is 5.02 Å². The van der Waals surface area contributed by atoms with E-state index in [9.17, 15) is 9.59 Å². The molecule has 5 nitrogen and oxygen atoms in total. The zero-order valence-corrected chi connectivity index (χ0v) is 15.1. The molecule has 0 bridgehead atoms. The van der Waals surface area contributed by atoms with E-state index in [1.54, 1.807) is 54.6 Å². The van der Waals surface area contributed by atoms with Crippen molar-refractivity contribution in [2.75, 3.05) is 6.61 Å². The van der Waals surface area contributed by atoms with E-state index in [0.717, 1.165) is 22.9 Å². The number of hydrogen-bond donors (Lipinski definition) is 0. The number of halogens is 1. The Labute approximate surface area is 159 Å². The zero-order valence-electron chi connectivity index (χ0n) is 13.5. The first-order chi connectivity index (χ1) is 12.6. The second-order valence-electron chi connectivity index (χ2n) is 5.41. The van der Waals surface area contributed by atoms with Gasteiger partial charge in [0.25, 0.3) is 11.1 Å². The average Bonchev–Trinajstić information content (AvgIpc) is 2.90. The molecule has 3 rings (SSSR count). The summed E-state index contributed by atoms with van der Waals surface area (Å²) in [5, 5.41) is 8.80. The average molecular weight is 385 g/mol. The number of benzene rings is 2. The lowest BCUT2D eigenvalue weighted by Crippen LogP contribution is -2.27. The Kier molecular flexibility index (Phi) is 5.61. The summed E-state index contributed by atoms with van der Waals surface area (Å²) in [6.07, 6.45) is 1.67. The van der Waals surface area contributed by atoms with Crippen LogP contribution in [0.5, 0.6) is 5.75 Å². The standard InChI is InChI=1S/C19H13ClN2O3S/c20-15-5-1-14(2-6-15)12-22-18(23)17(26-19(22)24)11-13-3-7-16(8-4-13)25-10-9-21/h1-8,11H,10,12H2/b17-11-. The minimum atomic E-state index is -0.320. The summed E-state index contributed by atoms with van der Waals surface area (Å²) in [6, 6.07) is 15.9. The molecule has 0 N–H and O–H groups in total. The normalized spacial score (nSPS) is 15.4. The Morgan fingerprint density at radius 2 is 1.81 bits per heavy atom. The highest BCUT2D eigenvalue weighted by atomic mass is 35.5. The van der Waals surface area contributed by atoms with E-state index in [4.69, 9.17) is 21.6 Å². The van der Waals surface area contributed by atoms with Crippen molar-refractivity contribution in [1.29, 1.82) is 5.26 Å². The maximum Gasteiger partial charge on any atom is 0.293 e. The molecule has 26 heavy (non-hydrogen) atoms. The van der Waals surface area contributed by atoms with Gasteiger partial charge in [-0.2, -0.15) is 5.26 Å². The highest BCUT2D eigenvalue weighted by Crippen LogP contribution is 2.33. The summed E-state index contributed by atoms with van der Waals surface area (Å²) in [4.78, 5) is 26.3. The van der Waals surface area contributed by atoms with Crippen molar-refractivity contribution in [2.24, 2.45) is 0 Å². The Bertz CT molecular complexity index is 902. The fourth-order valence-electron chi connectivity index (χ4n) is 2.34. The van der Waals surface area contributed by atoms with Gasteiger partial charge >= 0.3 is 0 Å². The zero-order chi connectivity index (χ0) is 18.5. The molecule has 2 aromatic carbocycles. The van der Waals surface area contributed by atoms with E-state index in [2.05, 4.69) is 0 Å². The van der Waals surface area contributed by atoms with Gasteiger partial charge in [0.05, 0.1) is 11.4 Å². The van der Waals surface area contributed by atoms with Gasteiger partial charge in [0.2, 0.25) is 0 Å². The summed E-state index contributed by atoms with van der Waals surface area (Å²) < 4.78 is 5.18. The first-order valence-electron chi connectivity index (χ1n) is 7.66. The number of nitrogens with zero attached hydrogens (tertiary/aromatic N) is 2. The van der Waals surface area contributed by atoms with Crippen LogP contribution >= 0.6 is 23.4 Å². The quantitative estimate of drug-likeness (QED) is 0.711. The maximum atomic E-state index is 12.5. The number of rotatable bonds is 5. The van der Waals surface area contributed by atoms with Gasteiger partial charge < -0.3 is 4.74 Å². The molecule has 2 aromatic rings. The van der Waals surface area contributed by atoms with Gasteiger partial charge in [-0.15, -0.1) is 0 Å². The molecule has 0 saturated carbocycles. The Hall–Kier alpha value is -2.75. The van der Waals surface area contributed by atoms with E-state index >= 15 is 0 Å². The van der Waals surface area contributed by atoms with Gasteiger partial charge in [0.15, 0.2) is 6.61 Å². The number of ether oxygens (including phenoxy) is 1. The number of thioether (sulfide) groups is 1. The molecule has 0 spiro atoms. The smallest absolute Gasteiger partial charge is 0.293 e. The first kappa shape index (κ1) is 18.1. The van der Waals surface area contributed by atoms with Crippen LogP contribution in [0.15, 0.2) is 53.4 Å². The molecule has 0 aliphatic carbocycles. The number of nitriles is 1. The topological polar surface area (TPSA) is 70.4 Å². The maximum absolute atomic E-state index is 12.5. The molecule has 0 unspecified atom stereocenters. The lowest BCUT2D eigenvalue weighted by atomic mass is 10.2. The Morgan fingerprint density at radius 3 is 2.46 bits per heavy atom. The third-order valence-corrected chi connectivity index (χ3v) is 4.77. The molecule has 0 atom stereocenters. The number of imide groups is 1. The van der Waals surface area contributed by atoms with E-state index in [1.807, 2.05) is 6.07 Å². The van der Waals surface area contributed by atoms with Crippen molar-refractivity contribution in [3.8, 4) is 11.8 Å². The van der Waals surface area contributed by atoms with E-state index < -0.39 is 0 Å². The van der Waals surface area contributed by atoms with Crippen LogP contribution in [0, 0.1) is 11.3 Å². The fourth-order valence-corrected chi connectivity index (χ4v) is 3.30. The van der Waals surface area contributed by atoms with E-state index in [0.29, 0.717) is 15.7 Å². The summed E-state index contributed by atoms with van der Waals surface area (Å²) >= 11 is 6.77. The molecule has 1 aliphatic rings. The van der Waals surface area contributed by atoms with E-state index in [1.165, 1.54) is 4.90 Å². The summed E-state index contributed by atoms with van der Waals surface area (Å²) in [5.74, 6) is 0.249. The minimum absolute atomic E-state index is 0.0249. The fraction of sp³-hybridized carbons (Fsp3) is 0.105. The number of hydrogen-bond acceptors (Lipinski definition) is 5. The van der Waals surface area contributed by atoms with Gasteiger partial charge in [-0.3, -0.25) is 14.5 Å². The lowest BCUT2D eigenvalue weighted by molar-refractivity contribution is -0.123. The molecular weight excluding hydrogens is 372 g/mol. The van der Waals surface area contributed by atoms with Crippen molar-refractivity contribution < 1.29 is 14.3 Å². The molecule has 7 heteroatoms. The molecular formula is C19H13ClN2O3S. The SMILES string of the molecule is N#CCOc1ccc(/C=C2\SC(=O)N(Cc3ccc(Cl)cc3)C2=O)cc1. The summed E-state index contributed by atoms with van der Waals surface area (Å²) in [6.45, 7) is 0.184. The third-order valence-electron chi connectivity index (χ3n) is 3.61. The first-order valence-corrected chi connectivity index (χ1v) is 8.86. The highest BCUT2D eigenvalue weighted by Gasteiger charge is 2.34. The number of carbonyl (C=O) groups excluding carboxylic acids is 2. The molecule has 1 fully saturated rings. The minimum Gasteiger partial charge on any atom is -0.479 e. The second kappa shape index (κ2) is 8.09. The van der Waals surface area contributed by atoms with Crippen LogP contribution in [-0.4, -0.2) is 22.7 Å². The van der Waals surface area contributed by atoms with Crippen molar-refractivity contribution in [2.45, 2.75) is 6.54 Å². The van der Waals surface area contributed by atoms with Crippen molar-refractivity contribution in [1.82, 2.24) is 4.90 Å². The predicted molar refractivity (Wildman–Crippen MR) is 101 cm³/mol. The van der Waals surface area contributed by atoms with Crippen molar-refractivity contribution >= 4 is 40.6 Å². The second-order valence-corrected chi connectivity index (χ2v) is 6.84. The number of carbonyl (C=O) groups is 2. The lowest BCUT2D eigenvalue weighted by Gasteiger charge is -2.12. The molecule has 1 heterocycles. The largest absolute Gasteiger partial charge is 0.479 e. The van der Waals surface area contributed by atoms with Gasteiger partial charge in [-0.1, -0.05) is 35.9 Å². The monoisotopic (exact) mass is 384 g/mol. The molecule has 130 valence electrons. The van der Waals surface area contributed by atoms with Crippen LogP contribution < -0.4 is 4.74 Å². The van der Waals surface area contributed by atoms with Crippen molar-refractivity contribution in [3.63, 3.8) is 0 Å². The van der Waals surface area contributed by atoms with E-state index in [-0.39, 0.29) is 24.3 Å². The molecule has 1 aliphatic heterocycles. The van der Waals surface area contributed by atoms with Crippen LogP contribution in [0.25, 0.3) is 6.08 Å². The number of amides is 2. The van der Waals surface area contributed by atoms with Crippen molar-refractivity contribution in [3.05, 3.63) is 69.6 Å². The summed E-state index contributed by atoms with van der Waals surface area (Å²) in [5.41, 5.74) is 1.60. The third kappa shape index (κ3) is 4.26. The van der Waals surface area contributed by atoms with Gasteiger partial charge in [-0.25, -0.2) is 0 Å². The van der Waals surface area contributed by atoms with Crippen LogP contribution in [0.3, 0.4) is 0 Å². The predicted octanol–water partition coefficient (Wildman–Crippen LogP) is 4.48. The van der Waals surface area contributed by atoms with Crippen LogP contribution in [0.4, 0.5) is 4.79 Å². The van der Waals surface area contributed by atoms with Gasteiger partial charge in [0.1, 0.15) is 11.8 Å². The molecule has 2 amide bonds. The molecule has 0 aromatic heterocycles. The van der Waals surface area contributed by atoms with Gasteiger partial charge in [-0.05, 0) is 53.2 Å². The Morgan fingerprint density at radius 1 is 1.12 bits per heavy atom. The Balaban J connectivity index is 1.72.